The number of aryl methyl sites for hydroxylation is 1. The standard InChI is InChI=1S/C16H15N3O3/c1-10-4-2-3-5-13(10)22-9-14-18-15(16(20)21)12-8-11(17)6-7-19(12)14/h2-8H,9,17H2,1H3,(H,20,21). The van der Waals surface area contributed by atoms with E-state index in [2.05, 4.69) is 4.98 Å². The van der Waals surface area contributed by atoms with E-state index in [1.165, 1.54) is 0 Å². The molecular formula is C16H15N3O3. The van der Waals surface area contributed by atoms with Gasteiger partial charge in [-0.1, -0.05) is 18.2 Å². The van der Waals surface area contributed by atoms with Crippen LogP contribution in [0, 0.1) is 6.92 Å². The van der Waals surface area contributed by atoms with Crippen LogP contribution in [-0.2, 0) is 6.61 Å². The van der Waals surface area contributed by atoms with Gasteiger partial charge < -0.3 is 15.6 Å². The number of hydrogen-bond donors (Lipinski definition) is 2. The van der Waals surface area contributed by atoms with E-state index in [1.807, 2.05) is 31.2 Å². The molecule has 0 saturated carbocycles. The van der Waals surface area contributed by atoms with E-state index < -0.39 is 5.97 Å². The van der Waals surface area contributed by atoms with Crippen LogP contribution in [0.25, 0.3) is 5.52 Å². The lowest BCUT2D eigenvalue weighted by Gasteiger charge is -2.08. The smallest absolute Gasteiger partial charge is 0.356 e. The van der Waals surface area contributed by atoms with Crippen molar-refractivity contribution in [3.8, 4) is 5.75 Å². The van der Waals surface area contributed by atoms with Gasteiger partial charge in [-0.15, -0.1) is 0 Å². The minimum Gasteiger partial charge on any atom is -0.485 e. The molecule has 112 valence electrons. The maximum atomic E-state index is 11.3. The van der Waals surface area contributed by atoms with Gasteiger partial charge in [0, 0.05) is 11.9 Å². The number of aromatic nitrogens is 2. The highest BCUT2D eigenvalue weighted by atomic mass is 16.5. The average molecular weight is 297 g/mol. The Morgan fingerprint density at radius 2 is 2.14 bits per heavy atom. The summed E-state index contributed by atoms with van der Waals surface area (Å²) in [7, 11) is 0. The molecule has 0 aliphatic carbocycles. The summed E-state index contributed by atoms with van der Waals surface area (Å²) in [6, 6.07) is 10.9. The Kier molecular flexibility index (Phi) is 3.42. The molecular weight excluding hydrogens is 282 g/mol. The van der Waals surface area contributed by atoms with Crippen molar-refractivity contribution >= 4 is 17.2 Å². The number of hydrogen-bond acceptors (Lipinski definition) is 4. The highest BCUT2D eigenvalue weighted by Crippen LogP contribution is 2.20. The first-order valence-electron chi connectivity index (χ1n) is 6.74. The number of carbonyl (C=O) groups is 1. The molecule has 6 nitrogen and oxygen atoms in total. The Labute approximate surface area is 126 Å². The summed E-state index contributed by atoms with van der Waals surface area (Å²) in [6.45, 7) is 2.12. The molecule has 0 atom stereocenters. The van der Waals surface area contributed by atoms with Crippen LogP contribution < -0.4 is 10.5 Å². The summed E-state index contributed by atoms with van der Waals surface area (Å²) in [4.78, 5) is 15.5. The molecule has 22 heavy (non-hydrogen) atoms. The SMILES string of the molecule is Cc1ccccc1OCc1nc(C(=O)O)c2cc(N)ccn12. The third-order valence-corrected chi connectivity index (χ3v) is 3.39. The number of pyridine rings is 1. The second-order valence-electron chi connectivity index (χ2n) is 4.95. The van der Waals surface area contributed by atoms with Crippen molar-refractivity contribution in [3.05, 3.63) is 59.7 Å². The molecule has 0 fully saturated rings. The largest absolute Gasteiger partial charge is 0.485 e. The molecule has 0 unspecified atom stereocenters. The Bertz CT molecular complexity index is 855. The first kappa shape index (κ1) is 13.9. The molecule has 6 heteroatoms. The number of aromatic carboxylic acids is 1. The van der Waals surface area contributed by atoms with Gasteiger partial charge in [0.25, 0.3) is 0 Å². The van der Waals surface area contributed by atoms with Gasteiger partial charge in [0.15, 0.2) is 11.5 Å². The minimum atomic E-state index is -1.09. The summed E-state index contributed by atoms with van der Waals surface area (Å²) in [5.41, 5.74) is 7.64. The van der Waals surface area contributed by atoms with Crippen LogP contribution in [0.15, 0.2) is 42.6 Å². The molecule has 0 aliphatic rings. The molecule has 0 aliphatic heterocycles. The van der Waals surface area contributed by atoms with Crippen molar-refractivity contribution in [2.45, 2.75) is 13.5 Å². The van der Waals surface area contributed by atoms with E-state index in [9.17, 15) is 9.90 Å². The summed E-state index contributed by atoms with van der Waals surface area (Å²) in [5.74, 6) is 0.160. The molecule has 2 aromatic heterocycles. The number of ether oxygens (including phenoxy) is 1. The quantitative estimate of drug-likeness (QED) is 0.772. The Morgan fingerprint density at radius 3 is 2.86 bits per heavy atom. The van der Waals surface area contributed by atoms with Crippen molar-refractivity contribution < 1.29 is 14.6 Å². The zero-order valence-electron chi connectivity index (χ0n) is 12.0. The predicted molar refractivity (Wildman–Crippen MR) is 82.1 cm³/mol. The highest BCUT2D eigenvalue weighted by molar-refractivity contribution is 5.94. The molecule has 0 bridgehead atoms. The van der Waals surface area contributed by atoms with Gasteiger partial charge in [-0.2, -0.15) is 0 Å². The highest BCUT2D eigenvalue weighted by Gasteiger charge is 2.17. The Hall–Kier alpha value is -3.02. The van der Waals surface area contributed by atoms with Crippen LogP contribution in [0.2, 0.25) is 0 Å². The maximum absolute atomic E-state index is 11.3. The molecule has 2 heterocycles. The molecule has 3 rings (SSSR count). The van der Waals surface area contributed by atoms with Crippen molar-refractivity contribution in [1.29, 1.82) is 0 Å². The third-order valence-electron chi connectivity index (χ3n) is 3.39. The molecule has 3 N–H and O–H groups in total. The number of fused-ring (bicyclic) bond motifs is 1. The molecule has 0 radical (unpaired) electrons. The van der Waals surface area contributed by atoms with Crippen LogP contribution in [0.4, 0.5) is 5.69 Å². The van der Waals surface area contributed by atoms with E-state index in [0.717, 1.165) is 11.3 Å². The fourth-order valence-electron chi connectivity index (χ4n) is 2.28. The number of carboxylic acid groups (broad SMARTS) is 1. The number of nitrogen functional groups attached to an aromatic ring is 1. The van der Waals surface area contributed by atoms with E-state index in [1.54, 1.807) is 22.7 Å². The molecule has 0 amide bonds. The molecule has 0 spiro atoms. The number of benzene rings is 1. The number of para-hydroxylation sites is 1. The second-order valence-corrected chi connectivity index (χ2v) is 4.95. The van der Waals surface area contributed by atoms with Gasteiger partial charge in [0.2, 0.25) is 0 Å². The van der Waals surface area contributed by atoms with Crippen LogP contribution in [-0.4, -0.2) is 20.5 Å². The van der Waals surface area contributed by atoms with E-state index >= 15 is 0 Å². The first-order valence-corrected chi connectivity index (χ1v) is 6.74. The number of rotatable bonds is 4. The van der Waals surface area contributed by atoms with Crippen LogP contribution in [0.3, 0.4) is 0 Å². The van der Waals surface area contributed by atoms with Crippen LogP contribution in [0.1, 0.15) is 21.9 Å². The molecule has 3 aromatic rings. The second kappa shape index (κ2) is 5.40. The van der Waals surface area contributed by atoms with Crippen LogP contribution in [0.5, 0.6) is 5.75 Å². The molecule has 1 aromatic carbocycles. The van der Waals surface area contributed by atoms with Crippen molar-refractivity contribution in [3.63, 3.8) is 0 Å². The zero-order valence-corrected chi connectivity index (χ0v) is 12.0. The predicted octanol–water partition coefficient (Wildman–Crippen LogP) is 2.50. The average Bonchev–Trinajstić information content (AvgIpc) is 2.84. The van der Waals surface area contributed by atoms with Crippen molar-refractivity contribution in [2.75, 3.05) is 5.73 Å². The van der Waals surface area contributed by atoms with Gasteiger partial charge >= 0.3 is 5.97 Å². The van der Waals surface area contributed by atoms with E-state index in [4.69, 9.17) is 10.5 Å². The number of nitrogens with zero attached hydrogens (tertiary/aromatic N) is 2. The lowest BCUT2D eigenvalue weighted by atomic mass is 10.2. The van der Waals surface area contributed by atoms with Crippen molar-refractivity contribution in [1.82, 2.24) is 9.38 Å². The topological polar surface area (TPSA) is 89.8 Å². The maximum Gasteiger partial charge on any atom is 0.356 e. The normalized spacial score (nSPS) is 10.8. The number of anilines is 1. The lowest BCUT2D eigenvalue weighted by molar-refractivity contribution is 0.0693. The summed E-state index contributed by atoms with van der Waals surface area (Å²) >= 11 is 0. The van der Waals surface area contributed by atoms with Crippen LogP contribution >= 0.6 is 0 Å². The number of carboxylic acids is 1. The monoisotopic (exact) mass is 297 g/mol. The van der Waals surface area contributed by atoms with E-state index in [-0.39, 0.29) is 12.3 Å². The lowest BCUT2D eigenvalue weighted by Crippen LogP contribution is -2.02. The fourth-order valence-corrected chi connectivity index (χ4v) is 2.28. The number of nitrogens with two attached hydrogens (primary N) is 1. The molecule has 0 saturated heterocycles. The fraction of sp³-hybridized carbons (Fsp3) is 0.125. The van der Waals surface area contributed by atoms with Crippen molar-refractivity contribution in [2.24, 2.45) is 0 Å². The van der Waals surface area contributed by atoms with Gasteiger partial charge in [-0.05, 0) is 30.7 Å². The van der Waals surface area contributed by atoms with Gasteiger partial charge in [-0.25, -0.2) is 9.78 Å². The minimum absolute atomic E-state index is 0.0318. The Morgan fingerprint density at radius 1 is 1.36 bits per heavy atom. The van der Waals surface area contributed by atoms with Gasteiger partial charge in [0.05, 0.1) is 5.52 Å². The number of imidazole rings is 1. The van der Waals surface area contributed by atoms with Gasteiger partial charge in [-0.3, -0.25) is 4.40 Å². The zero-order chi connectivity index (χ0) is 15.7. The first-order chi connectivity index (χ1) is 10.6. The van der Waals surface area contributed by atoms with Gasteiger partial charge in [0.1, 0.15) is 12.4 Å². The van der Waals surface area contributed by atoms with E-state index in [0.29, 0.717) is 17.0 Å². The summed E-state index contributed by atoms with van der Waals surface area (Å²) < 4.78 is 7.43. The summed E-state index contributed by atoms with van der Waals surface area (Å²) in [6.07, 6.45) is 1.70. The Balaban J connectivity index is 1.97. The third kappa shape index (κ3) is 2.46. The summed E-state index contributed by atoms with van der Waals surface area (Å²) in [5, 5.41) is 9.26.